The first-order chi connectivity index (χ1) is 10.7. The van der Waals surface area contributed by atoms with E-state index in [9.17, 15) is 18.0 Å². The summed E-state index contributed by atoms with van der Waals surface area (Å²) in [4.78, 5) is 28.4. The van der Waals surface area contributed by atoms with Crippen molar-refractivity contribution in [3.05, 3.63) is 0 Å². The minimum absolute atomic E-state index is 0.0157. The molecule has 0 spiro atoms. The maximum atomic E-state index is 12.8. The molecule has 2 heterocycles. The van der Waals surface area contributed by atoms with Crippen LogP contribution >= 0.6 is 0 Å². The molecule has 1 atom stereocenters. The van der Waals surface area contributed by atoms with E-state index in [0.717, 1.165) is 0 Å². The van der Waals surface area contributed by atoms with Crippen molar-refractivity contribution in [1.82, 2.24) is 9.80 Å². The summed E-state index contributed by atoms with van der Waals surface area (Å²) in [7, 11) is -2.99. The Hall–Kier alpha value is -1.11. The molecule has 0 N–H and O–H groups in total. The number of sulfone groups is 1. The van der Waals surface area contributed by atoms with Gasteiger partial charge in [0.15, 0.2) is 9.84 Å². The molecule has 2 saturated heterocycles. The average molecular weight is 344 g/mol. The van der Waals surface area contributed by atoms with Crippen LogP contribution in [0, 0.1) is 11.8 Å². The third-order valence-corrected chi connectivity index (χ3v) is 6.67. The second-order valence-electron chi connectivity index (χ2n) is 6.94. The van der Waals surface area contributed by atoms with Crippen LogP contribution in [0.2, 0.25) is 0 Å². The molecule has 2 fully saturated rings. The van der Waals surface area contributed by atoms with Crippen molar-refractivity contribution in [3.63, 3.8) is 0 Å². The molecule has 6 nitrogen and oxygen atoms in total. The van der Waals surface area contributed by atoms with E-state index in [0.29, 0.717) is 38.9 Å². The second-order valence-corrected chi connectivity index (χ2v) is 9.16. The number of piperidine rings is 1. The van der Waals surface area contributed by atoms with Crippen molar-refractivity contribution < 1.29 is 18.0 Å². The number of likely N-dealkylation sites (tertiary alicyclic amines) is 1. The Balaban J connectivity index is 1.94. The molecular formula is C16H28N2O4S. The highest BCUT2D eigenvalue weighted by atomic mass is 32.2. The van der Waals surface area contributed by atoms with Gasteiger partial charge in [-0.25, -0.2) is 8.42 Å². The highest BCUT2D eigenvalue weighted by Crippen LogP contribution is 2.25. The number of carbonyl (C=O) groups is 2. The molecule has 0 radical (unpaired) electrons. The van der Waals surface area contributed by atoms with Crippen LogP contribution in [0.5, 0.6) is 0 Å². The van der Waals surface area contributed by atoms with Gasteiger partial charge >= 0.3 is 0 Å². The highest BCUT2D eigenvalue weighted by Gasteiger charge is 2.37. The van der Waals surface area contributed by atoms with Crippen molar-refractivity contribution in [2.75, 3.05) is 31.1 Å². The van der Waals surface area contributed by atoms with Crippen molar-refractivity contribution in [2.45, 2.75) is 46.1 Å². The minimum Gasteiger partial charge on any atom is -0.342 e. The SMILES string of the molecule is CCN(C(=O)C1CCN(C(=O)C(C)C)CC1)C1CCS(=O)(=O)C1. The Morgan fingerprint density at radius 1 is 1.17 bits per heavy atom. The van der Waals surface area contributed by atoms with E-state index in [-0.39, 0.29) is 41.2 Å². The summed E-state index contributed by atoms with van der Waals surface area (Å²) in [5.74, 6) is 0.379. The molecule has 2 rings (SSSR count). The normalized spacial score (nSPS) is 24.9. The van der Waals surface area contributed by atoms with Gasteiger partial charge in [0.25, 0.3) is 0 Å². The lowest BCUT2D eigenvalue weighted by Gasteiger charge is -2.36. The van der Waals surface area contributed by atoms with Gasteiger partial charge < -0.3 is 9.80 Å². The fourth-order valence-corrected chi connectivity index (χ4v) is 5.29. The number of amides is 2. The highest BCUT2D eigenvalue weighted by molar-refractivity contribution is 7.91. The lowest BCUT2D eigenvalue weighted by Crippen LogP contribution is -2.48. The van der Waals surface area contributed by atoms with Gasteiger partial charge in [0.1, 0.15) is 0 Å². The van der Waals surface area contributed by atoms with Crippen molar-refractivity contribution in [3.8, 4) is 0 Å². The molecule has 0 aromatic carbocycles. The van der Waals surface area contributed by atoms with E-state index < -0.39 is 9.84 Å². The Kier molecular flexibility index (Phi) is 5.70. The molecule has 132 valence electrons. The molecule has 0 aromatic heterocycles. The predicted octanol–water partition coefficient (Wildman–Crippen LogP) is 0.917. The van der Waals surface area contributed by atoms with Gasteiger partial charge in [0, 0.05) is 37.5 Å². The minimum atomic E-state index is -2.99. The Labute approximate surface area is 139 Å². The van der Waals surface area contributed by atoms with Crippen LogP contribution in [-0.2, 0) is 19.4 Å². The van der Waals surface area contributed by atoms with Gasteiger partial charge in [-0.05, 0) is 26.2 Å². The Bertz CT molecular complexity index is 550. The summed E-state index contributed by atoms with van der Waals surface area (Å²) in [6.45, 7) is 7.46. The number of nitrogens with zero attached hydrogens (tertiary/aromatic N) is 2. The maximum absolute atomic E-state index is 12.8. The molecule has 0 aromatic rings. The van der Waals surface area contributed by atoms with E-state index in [2.05, 4.69) is 0 Å². The molecule has 2 aliphatic heterocycles. The smallest absolute Gasteiger partial charge is 0.226 e. The van der Waals surface area contributed by atoms with Crippen LogP contribution < -0.4 is 0 Å². The van der Waals surface area contributed by atoms with Crippen molar-refractivity contribution >= 4 is 21.7 Å². The summed E-state index contributed by atoms with van der Waals surface area (Å²) in [6.07, 6.45) is 1.90. The molecule has 1 unspecified atom stereocenters. The van der Waals surface area contributed by atoms with E-state index in [4.69, 9.17) is 0 Å². The van der Waals surface area contributed by atoms with Crippen LogP contribution in [0.3, 0.4) is 0 Å². The van der Waals surface area contributed by atoms with Gasteiger partial charge in [-0.3, -0.25) is 9.59 Å². The van der Waals surface area contributed by atoms with Crippen molar-refractivity contribution in [2.24, 2.45) is 11.8 Å². The van der Waals surface area contributed by atoms with E-state index in [1.54, 1.807) is 4.90 Å². The van der Waals surface area contributed by atoms with Gasteiger partial charge in [-0.2, -0.15) is 0 Å². The summed E-state index contributed by atoms with van der Waals surface area (Å²) in [6, 6.07) is -0.173. The standard InChI is InChI=1S/C16H28N2O4S/c1-4-18(14-7-10-23(21,22)11-14)16(20)13-5-8-17(9-6-13)15(19)12(2)3/h12-14H,4-11H2,1-3H3. The van der Waals surface area contributed by atoms with Crippen LogP contribution in [-0.4, -0.2) is 67.2 Å². The number of rotatable bonds is 4. The zero-order chi connectivity index (χ0) is 17.2. The van der Waals surface area contributed by atoms with Crippen LogP contribution in [0.25, 0.3) is 0 Å². The second kappa shape index (κ2) is 7.20. The van der Waals surface area contributed by atoms with Crippen LogP contribution in [0.1, 0.15) is 40.0 Å². The lowest BCUT2D eigenvalue weighted by atomic mass is 9.94. The molecule has 0 saturated carbocycles. The first-order valence-corrected chi connectivity index (χ1v) is 10.4. The third-order valence-electron chi connectivity index (χ3n) is 4.92. The number of hydrogen-bond donors (Lipinski definition) is 0. The predicted molar refractivity (Wildman–Crippen MR) is 88.6 cm³/mol. The van der Waals surface area contributed by atoms with Crippen molar-refractivity contribution in [1.29, 1.82) is 0 Å². The zero-order valence-electron chi connectivity index (χ0n) is 14.3. The first-order valence-electron chi connectivity index (χ1n) is 8.55. The van der Waals surface area contributed by atoms with Gasteiger partial charge in [0.05, 0.1) is 11.5 Å². The van der Waals surface area contributed by atoms with E-state index >= 15 is 0 Å². The third kappa shape index (κ3) is 4.25. The fourth-order valence-electron chi connectivity index (χ4n) is 3.56. The topological polar surface area (TPSA) is 74.8 Å². The van der Waals surface area contributed by atoms with Gasteiger partial charge in [-0.1, -0.05) is 13.8 Å². The molecule has 2 amide bonds. The Morgan fingerprint density at radius 3 is 2.22 bits per heavy atom. The molecule has 0 bridgehead atoms. The summed E-state index contributed by atoms with van der Waals surface area (Å²) in [5, 5.41) is 0. The van der Waals surface area contributed by atoms with E-state index in [1.165, 1.54) is 0 Å². The van der Waals surface area contributed by atoms with Crippen LogP contribution in [0.4, 0.5) is 0 Å². The first kappa shape index (κ1) is 18.2. The van der Waals surface area contributed by atoms with Gasteiger partial charge in [-0.15, -0.1) is 0 Å². The maximum Gasteiger partial charge on any atom is 0.226 e. The largest absolute Gasteiger partial charge is 0.342 e. The molecule has 2 aliphatic rings. The number of hydrogen-bond acceptors (Lipinski definition) is 4. The van der Waals surface area contributed by atoms with Gasteiger partial charge in [0.2, 0.25) is 11.8 Å². The molecule has 0 aliphatic carbocycles. The monoisotopic (exact) mass is 344 g/mol. The molecular weight excluding hydrogens is 316 g/mol. The summed E-state index contributed by atoms with van der Waals surface area (Å²) in [5.41, 5.74) is 0. The summed E-state index contributed by atoms with van der Waals surface area (Å²) < 4.78 is 23.3. The van der Waals surface area contributed by atoms with E-state index in [1.807, 2.05) is 25.7 Å². The summed E-state index contributed by atoms with van der Waals surface area (Å²) >= 11 is 0. The average Bonchev–Trinajstić information content (AvgIpc) is 2.87. The molecule has 23 heavy (non-hydrogen) atoms. The Morgan fingerprint density at radius 2 is 1.78 bits per heavy atom. The number of carbonyl (C=O) groups excluding carboxylic acids is 2. The van der Waals surface area contributed by atoms with Crippen LogP contribution in [0.15, 0.2) is 0 Å². The fraction of sp³-hybridized carbons (Fsp3) is 0.875. The molecule has 7 heteroatoms. The quantitative estimate of drug-likeness (QED) is 0.760. The zero-order valence-corrected chi connectivity index (χ0v) is 15.1. The lowest BCUT2D eigenvalue weighted by molar-refractivity contribution is -0.143.